The zero-order valence-corrected chi connectivity index (χ0v) is 23.6. The molecule has 3 rings (SSSR count). The number of nitrogens with zero attached hydrogens (tertiary/aromatic N) is 2. The monoisotopic (exact) mass is 525 g/mol. The Hall–Kier alpha value is -1.18. The highest BCUT2D eigenvalue weighted by Gasteiger charge is 2.43. The number of carbonyl (C=O) groups excluding carboxylic acids is 1. The second-order valence-electron chi connectivity index (χ2n) is 11.1. The summed E-state index contributed by atoms with van der Waals surface area (Å²) < 4.78 is 17.4. The van der Waals surface area contributed by atoms with Gasteiger partial charge in [0.05, 0.1) is 6.54 Å². The first-order valence-electron chi connectivity index (χ1n) is 14.4. The molecule has 3 N–H and O–H groups in total. The van der Waals surface area contributed by atoms with E-state index in [-0.39, 0.29) is 29.2 Å². The Balaban J connectivity index is 1.53. The third-order valence-electron chi connectivity index (χ3n) is 8.46. The topological polar surface area (TPSA) is 71.0 Å². The van der Waals surface area contributed by atoms with Crippen LogP contribution < -0.4 is 16.0 Å². The number of nitrogens with one attached hydrogen (secondary N) is 3. The van der Waals surface area contributed by atoms with E-state index in [1.165, 1.54) is 25.0 Å². The number of unbranched alkanes of at least 4 members (excludes halogenated alkanes) is 2. The molecule has 2 fully saturated rings. The van der Waals surface area contributed by atoms with E-state index in [0.29, 0.717) is 31.3 Å². The number of hydrogen-bond donors (Lipinski definition) is 3. The molecule has 5 atom stereocenters. The molecule has 0 radical (unpaired) electrons. The lowest BCUT2D eigenvalue weighted by molar-refractivity contribution is -0.121. The molecule has 1 aromatic heterocycles. The van der Waals surface area contributed by atoms with E-state index in [0.717, 1.165) is 51.0 Å². The molecule has 0 aromatic carbocycles. The summed E-state index contributed by atoms with van der Waals surface area (Å²) in [4.78, 5) is 16.7. The maximum atomic E-state index is 15.1. The fourth-order valence-electron chi connectivity index (χ4n) is 6.06. The van der Waals surface area contributed by atoms with Crippen molar-refractivity contribution in [3.05, 3.63) is 17.7 Å². The minimum absolute atomic E-state index is 0.0105. The molecular formula is C28H49ClFN5O. The van der Waals surface area contributed by atoms with Crippen molar-refractivity contribution in [3.8, 4) is 0 Å². The van der Waals surface area contributed by atoms with Crippen molar-refractivity contribution in [2.75, 3.05) is 13.1 Å². The fourth-order valence-corrected chi connectivity index (χ4v) is 6.38. The van der Waals surface area contributed by atoms with Gasteiger partial charge in [-0.1, -0.05) is 33.6 Å². The van der Waals surface area contributed by atoms with Crippen LogP contribution in [0.25, 0.3) is 0 Å². The third-order valence-corrected chi connectivity index (χ3v) is 9.03. The van der Waals surface area contributed by atoms with E-state index >= 15 is 4.39 Å². The van der Waals surface area contributed by atoms with Gasteiger partial charge in [-0.2, -0.15) is 0 Å². The van der Waals surface area contributed by atoms with Gasteiger partial charge in [0.1, 0.15) is 12.0 Å². The normalized spacial score (nSPS) is 30.9. The van der Waals surface area contributed by atoms with E-state index in [2.05, 4.69) is 47.6 Å². The van der Waals surface area contributed by atoms with Crippen LogP contribution in [0.2, 0.25) is 0 Å². The number of carbonyl (C=O) groups is 1. The summed E-state index contributed by atoms with van der Waals surface area (Å²) in [5, 5.41) is 10.1. The highest BCUT2D eigenvalue weighted by atomic mass is 35.5. The Bertz CT molecular complexity index is 797. The molecule has 0 aliphatic heterocycles. The van der Waals surface area contributed by atoms with Crippen molar-refractivity contribution < 1.29 is 9.18 Å². The molecule has 2 aliphatic rings. The van der Waals surface area contributed by atoms with Gasteiger partial charge in [-0.05, 0) is 57.4 Å². The minimum Gasteiger partial charge on any atom is -0.356 e. The van der Waals surface area contributed by atoms with Crippen molar-refractivity contribution in [2.24, 2.45) is 18.9 Å². The molecule has 3 unspecified atom stereocenters. The smallest absolute Gasteiger partial charge is 0.219 e. The van der Waals surface area contributed by atoms with E-state index in [1.54, 1.807) is 0 Å². The number of imidazole rings is 1. The molecule has 8 heteroatoms. The van der Waals surface area contributed by atoms with E-state index in [1.807, 2.05) is 6.92 Å². The van der Waals surface area contributed by atoms with Crippen LogP contribution in [-0.2, 0) is 18.4 Å². The quantitative estimate of drug-likeness (QED) is 0.244. The molecule has 6 nitrogen and oxygen atoms in total. The summed E-state index contributed by atoms with van der Waals surface area (Å²) in [5.41, 5.74) is 1.33. The van der Waals surface area contributed by atoms with Crippen molar-refractivity contribution >= 4 is 17.5 Å². The molecule has 2 saturated carbocycles. The molecule has 0 spiro atoms. The van der Waals surface area contributed by atoms with Crippen LogP contribution in [0.1, 0.15) is 102 Å². The molecule has 0 bridgehead atoms. The SMILES string of the molecule is CCCCCNCc1ncc(C2CCC(N[C@@H]3C(CNC(=O)CCC)C(F)CC(Cl)[C@H]3C)CC2)n1C. The lowest BCUT2D eigenvalue weighted by Gasteiger charge is -2.44. The van der Waals surface area contributed by atoms with E-state index in [4.69, 9.17) is 16.6 Å². The Morgan fingerprint density at radius 1 is 1.19 bits per heavy atom. The summed E-state index contributed by atoms with van der Waals surface area (Å²) in [7, 11) is 2.14. The van der Waals surface area contributed by atoms with Crippen LogP contribution in [0, 0.1) is 11.8 Å². The van der Waals surface area contributed by atoms with Crippen LogP contribution in [0.3, 0.4) is 0 Å². The Morgan fingerprint density at radius 2 is 1.94 bits per heavy atom. The van der Waals surface area contributed by atoms with Gasteiger partial charge in [0.2, 0.25) is 5.91 Å². The largest absolute Gasteiger partial charge is 0.356 e. The third kappa shape index (κ3) is 7.91. The molecule has 206 valence electrons. The molecule has 1 heterocycles. The number of amides is 1. The minimum atomic E-state index is -0.997. The van der Waals surface area contributed by atoms with Crippen molar-refractivity contribution in [2.45, 2.75) is 121 Å². The van der Waals surface area contributed by atoms with Crippen molar-refractivity contribution in [3.63, 3.8) is 0 Å². The number of aromatic nitrogens is 2. The number of alkyl halides is 2. The first kappa shape index (κ1) is 29.4. The summed E-state index contributed by atoms with van der Waals surface area (Å²) in [5.74, 6) is 1.55. The molecule has 2 aliphatic carbocycles. The van der Waals surface area contributed by atoms with E-state index < -0.39 is 6.17 Å². The lowest BCUT2D eigenvalue weighted by Crippen LogP contribution is -2.58. The Morgan fingerprint density at radius 3 is 2.64 bits per heavy atom. The van der Waals surface area contributed by atoms with Crippen molar-refractivity contribution in [1.82, 2.24) is 25.5 Å². The van der Waals surface area contributed by atoms with E-state index in [9.17, 15) is 4.79 Å². The van der Waals surface area contributed by atoms with Crippen LogP contribution in [0.15, 0.2) is 6.20 Å². The highest BCUT2D eigenvalue weighted by Crippen LogP contribution is 2.38. The predicted octanol–water partition coefficient (Wildman–Crippen LogP) is 5.20. The number of halogens is 2. The predicted molar refractivity (Wildman–Crippen MR) is 146 cm³/mol. The molecule has 1 amide bonds. The molecule has 0 saturated heterocycles. The van der Waals surface area contributed by atoms with Gasteiger partial charge < -0.3 is 20.5 Å². The average molecular weight is 526 g/mol. The molecule has 1 aromatic rings. The highest BCUT2D eigenvalue weighted by molar-refractivity contribution is 6.20. The summed E-state index contributed by atoms with van der Waals surface area (Å²) in [6, 6.07) is 0.325. The summed E-state index contributed by atoms with van der Waals surface area (Å²) in [6.07, 6.45) is 10.7. The molecular weight excluding hydrogens is 477 g/mol. The second kappa shape index (κ2) is 14.7. The summed E-state index contributed by atoms with van der Waals surface area (Å²) in [6.45, 7) is 8.57. The summed E-state index contributed by atoms with van der Waals surface area (Å²) >= 11 is 6.55. The van der Waals surface area contributed by atoms with Gasteiger partial charge in [-0.3, -0.25) is 4.79 Å². The van der Waals surface area contributed by atoms with Gasteiger partial charge in [0.15, 0.2) is 0 Å². The Kier molecular flexibility index (Phi) is 12.0. The van der Waals surface area contributed by atoms with Crippen LogP contribution in [0.4, 0.5) is 4.39 Å². The maximum Gasteiger partial charge on any atom is 0.219 e. The van der Waals surface area contributed by atoms with Gasteiger partial charge >= 0.3 is 0 Å². The molecule has 36 heavy (non-hydrogen) atoms. The van der Waals surface area contributed by atoms with Gasteiger partial charge in [-0.25, -0.2) is 9.37 Å². The first-order chi connectivity index (χ1) is 17.3. The fraction of sp³-hybridized carbons (Fsp3) is 0.857. The first-order valence-corrected chi connectivity index (χ1v) is 14.8. The van der Waals surface area contributed by atoms with Gasteiger partial charge in [-0.15, -0.1) is 11.6 Å². The lowest BCUT2D eigenvalue weighted by atomic mass is 9.74. The second-order valence-corrected chi connectivity index (χ2v) is 11.7. The number of hydrogen-bond acceptors (Lipinski definition) is 4. The number of rotatable bonds is 13. The van der Waals surface area contributed by atoms with Crippen LogP contribution in [-0.4, -0.2) is 52.2 Å². The average Bonchev–Trinajstić information content (AvgIpc) is 3.22. The zero-order chi connectivity index (χ0) is 26.1. The van der Waals surface area contributed by atoms with Crippen LogP contribution in [0.5, 0.6) is 0 Å². The van der Waals surface area contributed by atoms with Gasteiger partial charge in [0.25, 0.3) is 0 Å². The maximum absolute atomic E-state index is 15.1. The zero-order valence-electron chi connectivity index (χ0n) is 22.9. The van der Waals surface area contributed by atoms with Gasteiger partial charge in [0, 0.05) is 61.2 Å². The van der Waals surface area contributed by atoms with Crippen molar-refractivity contribution in [1.29, 1.82) is 0 Å². The van der Waals surface area contributed by atoms with Crippen LogP contribution >= 0.6 is 11.6 Å². The standard InChI is InChI=1S/C28H49ClFN5O/c1-5-7-8-14-31-18-26-32-17-25(35(26)4)20-10-12-21(13-11-20)34-28-19(3)23(29)15-24(30)22(28)16-33-27(36)9-6-2/h17,19-24,28,31,34H,5-16,18H2,1-4H3,(H,33,36)/t19-,20?,21?,22?,23?,24?,28+/m1/s1. The Labute approximate surface area is 222 Å².